The standard InChI is InChI=1S/C10H12N2O3/c1-12(7-6-11-15)9-4-2-8(3-5-9)10(13)14/h2-5H,6-7H2,1H3,(H,13,14). The molecule has 80 valence electrons. The molecule has 0 spiro atoms. The Labute approximate surface area is 87.3 Å². The molecule has 1 N–H and O–H groups in total. The third kappa shape index (κ3) is 3.05. The zero-order valence-electron chi connectivity index (χ0n) is 8.38. The molecule has 0 radical (unpaired) electrons. The van der Waals surface area contributed by atoms with Crippen molar-refractivity contribution < 1.29 is 9.90 Å². The number of carboxylic acids is 1. The van der Waals surface area contributed by atoms with Crippen LogP contribution < -0.4 is 4.90 Å². The first-order valence-corrected chi connectivity index (χ1v) is 4.48. The molecule has 1 aromatic rings. The van der Waals surface area contributed by atoms with Crippen molar-refractivity contribution in [2.24, 2.45) is 5.18 Å². The number of carboxylic acid groups (broad SMARTS) is 1. The molecule has 0 bridgehead atoms. The zero-order chi connectivity index (χ0) is 11.3. The SMILES string of the molecule is CN(CCN=O)c1ccc(C(=O)O)cc1. The van der Waals surface area contributed by atoms with Crippen LogP contribution in [-0.4, -0.2) is 31.2 Å². The minimum atomic E-state index is -0.946. The van der Waals surface area contributed by atoms with E-state index in [1.807, 2.05) is 11.9 Å². The van der Waals surface area contributed by atoms with Crippen LogP contribution in [0.2, 0.25) is 0 Å². The van der Waals surface area contributed by atoms with Crippen LogP contribution in [0.3, 0.4) is 0 Å². The van der Waals surface area contributed by atoms with Crippen molar-refractivity contribution in [2.75, 3.05) is 25.0 Å². The number of nitroso groups, excluding NO2 is 1. The van der Waals surface area contributed by atoms with Gasteiger partial charge in [0.1, 0.15) is 0 Å². The molecule has 5 heteroatoms. The van der Waals surface area contributed by atoms with Gasteiger partial charge in [0, 0.05) is 19.3 Å². The molecule has 0 aliphatic rings. The summed E-state index contributed by atoms with van der Waals surface area (Å²) in [6.07, 6.45) is 0. The Bertz CT molecular complexity index is 348. The molecule has 0 heterocycles. The number of nitrogens with zero attached hydrogens (tertiary/aromatic N) is 2. The first-order chi connectivity index (χ1) is 7.15. The Hall–Kier alpha value is -1.91. The van der Waals surface area contributed by atoms with E-state index in [1.165, 1.54) is 12.1 Å². The molecular weight excluding hydrogens is 196 g/mol. The van der Waals surface area contributed by atoms with Crippen LogP contribution in [0, 0.1) is 4.91 Å². The van der Waals surface area contributed by atoms with Crippen LogP contribution in [0.25, 0.3) is 0 Å². The Morgan fingerprint density at radius 3 is 2.47 bits per heavy atom. The monoisotopic (exact) mass is 208 g/mol. The van der Waals surface area contributed by atoms with E-state index in [4.69, 9.17) is 5.11 Å². The van der Waals surface area contributed by atoms with Crippen molar-refractivity contribution in [2.45, 2.75) is 0 Å². The molecule has 1 aromatic carbocycles. The summed E-state index contributed by atoms with van der Waals surface area (Å²) >= 11 is 0. The highest BCUT2D eigenvalue weighted by molar-refractivity contribution is 5.88. The Balaban J connectivity index is 2.70. The van der Waals surface area contributed by atoms with E-state index in [0.717, 1.165) is 5.69 Å². The molecule has 1 rings (SSSR count). The van der Waals surface area contributed by atoms with E-state index in [9.17, 15) is 9.70 Å². The van der Waals surface area contributed by atoms with Gasteiger partial charge in [-0.3, -0.25) is 0 Å². The van der Waals surface area contributed by atoms with Gasteiger partial charge in [0.05, 0.1) is 12.1 Å². The molecule has 0 aliphatic heterocycles. The summed E-state index contributed by atoms with van der Waals surface area (Å²) < 4.78 is 0. The molecule has 0 fully saturated rings. The van der Waals surface area contributed by atoms with E-state index in [-0.39, 0.29) is 12.1 Å². The minimum Gasteiger partial charge on any atom is -0.478 e. The van der Waals surface area contributed by atoms with Gasteiger partial charge in [-0.1, -0.05) is 5.18 Å². The summed E-state index contributed by atoms with van der Waals surface area (Å²) in [5, 5.41) is 11.4. The quantitative estimate of drug-likeness (QED) is 0.746. The second-order valence-electron chi connectivity index (χ2n) is 3.13. The fourth-order valence-electron chi connectivity index (χ4n) is 1.18. The molecular formula is C10H12N2O3. The van der Waals surface area contributed by atoms with Crippen molar-refractivity contribution in [1.82, 2.24) is 0 Å². The Kier molecular flexibility index (Phi) is 3.79. The van der Waals surface area contributed by atoms with Crippen molar-refractivity contribution in [3.05, 3.63) is 34.7 Å². The molecule has 0 saturated heterocycles. The van der Waals surface area contributed by atoms with Crippen LogP contribution >= 0.6 is 0 Å². The summed E-state index contributed by atoms with van der Waals surface area (Å²) in [7, 11) is 1.82. The number of aromatic carboxylic acids is 1. The van der Waals surface area contributed by atoms with Gasteiger partial charge in [0.25, 0.3) is 0 Å². The van der Waals surface area contributed by atoms with Crippen molar-refractivity contribution in [3.8, 4) is 0 Å². The second kappa shape index (κ2) is 5.09. The summed E-state index contributed by atoms with van der Waals surface area (Å²) in [4.78, 5) is 22.4. The van der Waals surface area contributed by atoms with Crippen LogP contribution in [0.4, 0.5) is 5.69 Å². The lowest BCUT2D eigenvalue weighted by molar-refractivity contribution is 0.0697. The van der Waals surface area contributed by atoms with Crippen molar-refractivity contribution >= 4 is 11.7 Å². The fraction of sp³-hybridized carbons (Fsp3) is 0.300. The Morgan fingerprint density at radius 2 is 2.00 bits per heavy atom. The molecule has 0 saturated carbocycles. The lowest BCUT2D eigenvalue weighted by Gasteiger charge is -2.17. The predicted molar refractivity (Wildman–Crippen MR) is 57.3 cm³/mol. The third-order valence-electron chi connectivity index (χ3n) is 2.08. The maximum atomic E-state index is 10.6. The van der Waals surface area contributed by atoms with Gasteiger partial charge < -0.3 is 10.0 Å². The number of hydrogen-bond donors (Lipinski definition) is 1. The lowest BCUT2D eigenvalue weighted by Crippen LogP contribution is -2.20. The predicted octanol–water partition coefficient (Wildman–Crippen LogP) is 1.59. The van der Waals surface area contributed by atoms with E-state index in [0.29, 0.717) is 6.54 Å². The Morgan fingerprint density at radius 1 is 1.40 bits per heavy atom. The van der Waals surface area contributed by atoms with Gasteiger partial charge in [0.15, 0.2) is 0 Å². The lowest BCUT2D eigenvalue weighted by atomic mass is 10.2. The fourth-order valence-corrected chi connectivity index (χ4v) is 1.18. The third-order valence-corrected chi connectivity index (χ3v) is 2.08. The van der Waals surface area contributed by atoms with E-state index < -0.39 is 5.97 Å². The molecule has 0 aromatic heterocycles. The highest BCUT2D eigenvalue weighted by atomic mass is 16.4. The van der Waals surface area contributed by atoms with Crippen molar-refractivity contribution in [1.29, 1.82) is 0 Å². The van der Waals surface area contributed by atoms with Gasteiger partial charge in [-0.25, -0.2) is 4.79 Å². The number of carbonyl (C=O) groups is 1. The van der Waals surface area contributed by atoms with Crippen LogP contribution in [0.5, 0.6) is 0 Å². The van der Waals surface area contributed by atoms with Gasteiger partial charge >= 0.3 is 5.97 Å². The van der Waals surface area contributed by atoms with Gasteiger partial charge in [0.2, 0.25) is 0 Å². The molecule has 0 unspecified atom stereocenters. The zero-order valence-corrected chi connectivity index (χ0v) is 8.38. The maximum absolute atomic E-state index is 10.6. The van der Waals surface area contributed by atoms with E-state index in [2.05, 4.69) is 5.18 Å². The average molecular weight is 208 g/mol. The summed E-state index contributed by atoms with van der Waals surface area (Å²) in [5.74, 6) is -0.946. The summed E-state index contributed by atoms with van der Waals surface area (Å²) in [6, 6.07) is 6.47. The number of anilines is 1. The highest BCUT2D eigenvalue weighted by Crippen LogP contribution is 2.13. The molecule has 5 nitrogen and oxygen atoms in total. The van der Waals surface area contributed by atoms with Crippen LogP contribution in [0.15, 0.2) is 29.4 Å². The van der Waals surface area contributed by atoms with Gasteiger partial charge in [-0.15, -0.1) is 0 Å². The molecule has 0 aliphatic carbocycles. The van der Waals surface area contributed by atoms with Gasteiger partial charge in [-0.2, -0.15) is 4.91 Å². The maximum Gasteiger partial charge on any atom is 0.335 e. The van der Waals surface area contributed by atoms with Crippen LogP contribution in [-0.2, 0) is 0 Å². The summed E-state index contributed by atoms with van der Waals surface area (Å²) in [5.41, 5.74) is 1.12. The van der Waals surface area contributed by atoms with Crippen molar-refractivity contribution in [3.63, 3.8) is 0 Å². The molecule has 0 amide bonds. The number of likely N-dealkylation sites (N-methyl/N-ethyl adjacent to an activating group) is 1. The number of benzene rings is 1. The first-order valence-electron chi connectivity index (χ1n) is 4.48. The minimum absolute atomic E-state index is 0.219. The first kappa shape index (κ1) is 11.2. The van der Waals surface area contributed by atoms with E-state index in [1.54, 1.807) is 12.1 Å². The van der Waals surface area contributed by atoms with Gasteiger partial charge in [-0.05, 0) is 24.3 Å². The largest absolute Gasteiger partial charge is 0.478 e. The highest BCUT2D eigenvalue weighted by Gasteiger charge is 2.04. The number of rotatable bonds is 5. The normalized spacial score (nSPS) is 9.67. The molecule has 0 atom stereocenters. The summed E-state index contributed by atoms with van der Waals surface area (Å²) in [6.45, 7) is 0.743. The number of hydrogen-bond acceptors (Lipinski definition) is 4. The molecule has 15 heavy (non-hydrogen) atoms. The average Bonchev–Trinajstić information content (AvgIpc) is 2.26. The second-order valence-corrected chi connectivity index (χ2v) is 3.13. The smallest absolute Gasteiger partial charge is 0.335 e. The topological polar surface area (TPSA) is 70.0 Å². The van der Waals surface area contributed by atoms with Crippen LogP contribution in [0.1, 0.15) is 10.4 Å². The van der Waals surface area contributed by atoms with E-state index >= 15 is 0 Å².